The summed E-state index contributed by atoms with van der Waals surface area (Å²) in [5.74, 6) is 0.630. The number of piperidine rings is 1. The molecule has 1 N–H and O–H groups in total. The van der Waals surface area contributed by atoms with E-state index in [0.717, 1.165) is 32.4 Å². The number of nitrogens with zero attached hydrogens (tertiary/aromatic N) is 2. The lowest BCUT2D eigenvalue weighted by atomic mass is 9.90. The fourth-order valence-electron chi connectivity index (χ4n) is 4.10. The molecule has 3 aromatic rings. The number of aryl methyl sites for hydroxylation is 1. The van der Waals surface area contributed by atoms with Gasteiger partial charge in [0.05, 0.1) is 17.3 Å². The van der Waals surface area contributed by atoms with Crippen LogP contribution >= 0.6 is 0 Å². The van der Waals surface area contributed by atoms with Gasteiger partial charge in [-0.25, -0.2) is 4.68 Å². The van der Waals surface area contributed by atoms with E-state index in [-0.39, 0.29) is 30.0 Å². The topological polar surface area (TPSA) is 75.2 Å². The third-order valence-electron chi connectivity index (χ3n) is 5.77. The van der Waals surface area contributed by atoms with Crippen molar-refractivity contribution in [2.45, 2.75) is 32.2 Å². The zero-order valence-electron chi connectivity index (χ0n) is 16.3. The van der Waals surface area contributed by atoms with Gasteiger partial charge in [0.25, 0.3) is 11.1 Å². The van der Waals surface area contributed by atoms with Gasteiger partial charge in [-0.05, 0) is 42.9 Å². The molecule has 0 aliphatic carbocycles. The van der Waals surface area contributed by atoms with Crippen LogP contribution in [0.15, 0.2) is 64.2 Å². The molecule has 2 heterocycles. The lowest BCUT2D eigenvalue weighted by Gasteiger charge is -2.32. The van der Waals surface area contributed by atoms with Crippen LogP contribution in [0.1, 0.15) is 24.8 Å². The van der Waals surface area contributed by atoms with Crippen LogP contribution in [0.3, 0.4) is 0 Å². The molecule has 0 saturated carbocycles. The lowest BCUT2D eigenvalue weighted by molar-refractivity contribution is -0.132. The molecule has 150 valence electrons. The van der Waals surface area contributed by atoms with E-state index < -0.39 is 0 Å². The van der Waals surface area contributed by atoms with Crippen molar-refractivity contribution >= 4 is 16.7 Å². The summed E-state index contributed by atoms with van der Waals surface area (Å²) in [6.45, 7) is 1.68. The van der Waals surface area contributed by atoms with E-state index in [1.54, 1.807) is 24.3 Å². The Hall–Kier alpha value is -3.15. The van der Waals surface area contributed by atoms with Crippen LogP contribution in [-0.4, -0.2) is 33.7 Å². The van der Waals surface area contributed by atoms with Crippen molar-refractivity contribution in [2.75, 3.05) is 13.1 Å². The highest BCUT2D eigenvalue weighted by atomic mass is 16.2. The fraction of sp³-hybridized carbons (Fsp3) is 0.348. The Morgan fingerprint density at radius 2 is 1.59 bits per heavy atom. The van der Waals surface area contributed by atoms with Gasteiger partial charge in [-0.2, -0.15) is 0 Å². The lowest BCUT2D eigenvalue weighted by Crippen LogP contribution is -2.40. The maximum Gasteiger partial charge on any atom is 0.273 e. The van der Waals surface area contributed by atoms with Crippen molar-refractivity contribution in [3.8, 4) is 0 Å². The number of H-pyrrole nitrogens is 1. The highest BCUT2D eigenvalue weighted by Crippen LogP contribution is 2.22. The minimum absolute atomic E-state index is 0.0315. The number of carbonyl (C=O) groups excluding carboxylic acids is 1. The number of carbonyl (C=O) groups is 1. The molecule has 2 aromatic carbocycles. The van der Waals surface area contributed by atoms with E-state index in [2.05, 4.69) is 29.4 Å². The van der Waals surface area contributed by atoms with Gasteiger partial charge >= 0.3 is 0 Å². The smallest absolute Gasteiger partial charge is 0.273 e. The number of aromatic amines is 1. The summed E-state index contributed by atoms with van der Waals surface area (Å²) in [5, 5.41) is 3.34. The summed E-state index contributed by atoms with van der Waals surface area (Å²) in [6, 6.07) is 17.2. The molecule has 0 spiro atoms. The SMILES string of the molecule is O=C(CCn1[nH]c(=O)c2ccccc2c1=O)N1CCC(Cc2ccccc2)CC1. The van der Waals surface area contributed by atoms with Crippen molar-refractivity contribution in [2.24, 2.45) is 5.92 Å². The van der Waals surface area contributed by atoms with Crippen LogP contribution in [0, 0.1) is 5.92 Å². The third kappa shape index (κ3) is 4.31. The van der Waals surface area contributed by atoms with Gasteiger partial charge in [0.2, 0.25) is 5.91 Å². The molecule has 0 unspecified atom stereocenters. The minimum Gasteiger partial charge on any atom is -0.343 e. The van der Waals surface area contributed by atoms with Crippen molar-refractivity contribution in [3.05, 3.63) is 80.9 Å². The number of benzene rings is 2. The standard InChI is InChI=1S/C23H25N3O3/c27-21(25-13-10-18(11-14-25)16-17-6-2-1-3-7-17)12-15-26-23(29)20-9-5-4-8-19(20)22(28)24-26/h1-9,18H,10-16H2,(H,24,28). The quantitative estimate of drug-likeness (QED) is 0.726. The largest absolute Gasteiger partial charge is 0.343 e. The average molecular weight is 391 g/mol. The number of aromatic nitrogens is 2. The van der Waals surface area contributed by atoms with Gasteiger partial charge in [0, 0.05) is 19.5 Å². The fourth-order valence-corrected chi connectivity index (χ4v) is 4.10. The molecule has 1 saturated heterocycles. The number of fused-ring (bicyclic) bond motifs is 1. The number of amides is 1. The molecule has 6 heteroatoms. The van der Waals surface area contributed by atoms with Gasteiger partial charge in [0.1, 0.15) is 0 Å². The molecular weight excluding hydrogens is 366 g/mol. The van der Waals surface area contributed by atoms with E-state index in [0.29, 0.717) is 16.7 Å². The summed E-state index contributed by atoms with van der Waals surface area (Å²) in [7, 11) is 0. The Morgan fingerprint density at radius 3 is 2.31 bits per heavy atom. The number of hydrogen-bond donors (Lipinski definition) is 1. The molecule has 0 radical (unpaired) electrons. The molecule has 0 bridgehead atoms. The summed E-state index contributed by atoms with van der Waals surface area (Å²) in [5.41, 5.74) is 0.765. The summed E-state index contributed by atoms with van der Waals surface area (Å²) in [4.78, 5) is 39.2. The molecule has 1 aliphatic heterocycles. The summed E-state index contributed by atoms with van der Waals surface area (Å²) >= 11 is 0. The van der Waals surface area contributed by atoms with Gasteiger partial charge in [-0.15, -0.1) is 0 Å². The predicted molar refractivity (Wildman–Crippen MR) is 113 cm³/mol. The monoisotopic (exact) mass is 391 g/mol. The van der Waals surface area contributed by atoms with Gasteiger partial charge in [-0.1, -0.05) is 42.5 Å². The molecule has 6 nitrogen and oxygen atoms in total. The van der Waals surface area contributed by atoms with E-state index >= 15 is 0 Å². The van der Waals surface area contributed by atoms with Crippen LogP contribution in [0.2, 0.25) is 0 Å². The van der Waals surface area contributed by atoms with Gasteiger partial charge in [0.15, 0.2) is 0 Å². The van der Waals surface area contributed by atoms with Crippen molar-refractivity contribution < 1.29 is 4.79 Å². The highest BCUT2D eigenvalue weighted by molar-refractivity contribution is 5.80. The van der Waals surface area contributed by atoms with Crippen LogP contribution in [0.5, 0.6) is 0 Å². The second-order valence-corrected chi connectivity index (χ2v) is 7.71. The van der Waals surface area contributed by atoms with Gasteiger partial charge < -0.3 is 4.90 Å². The molecule has 29 heavy (non-hydrogen) atoms. The summed E-state index contributed by atoms with van der Waals surface area (Å²) in [6.07, 6.45) is 3.24. The molecule has 1 amide bonds. The molecule has 1 fully saturated rings. The van der Waals surface area contributed by atoms with Crippen LogP contribution in [0.25, 0.3) is 10.8 Å². The predicted octanol–water partition coefficient (Wildman–Crippen LogP) is 2.56. The highest BCUT2D eigenvalue weighted by Gasteiger charge is 2.23. The first-order chi connectivity index (χ1) is 14.1. The van der Waals surface area contributed by atoms with E-state index in [1.165, 1.54) is 10.2 Å². The second-order valence-electron chi connectivity index (χ2n) is 7.71. The normalized spacial score (nSPS) is 15.0. The average Bonchev–Trinajstić information content (AvgIpc) is 2.76. The molecular formula is C23H25N3O3. The number of hydrogen-bond acceptors (Lipinski definition) is 3. The first kappa shape index (κ1) is 19.2. The zero-order valence-corrected chi connectivity index (χ0v) is 16.3. The summed E-state index contributed by atoms with van der Waals surface area (Å²) < 4.78 is 1.25. The number of rotatable bonds is 5. The molecule has 1 aliphatic rings. The Bertz CT molecular complexity index is 1110. The molecule has 4 rings (SSSR count). The van der Waals surface area contributed by atoms with Gasteiger partial charge in [-0.3, -0.25) is 19.5 Å². The minimum atomic E-state index is -0.311. The van der Waals surface area contributed by atoms with Crippen LogP contribution in [-0.2, 0) is 17.8 Å². The Kier molecular flexibility index (Phi) is 5.60. The Morgan fingerprint density at radius 1 is 0.931 bits per heavy atom. The third-order valence-corrected chi connectivity index (χ3v) is 5.77. The first-order valence-electron chi connectivity index (χ1n) is 10.2. The maximum atomic E-state index is 12.6. The molecule has 0 atom stereocenters. The Balaban J connectivity index is 1.34. The van der Waals surface area contributed by atoms with E-state index in [4.69, 9.17) is 0 Å². The maximum absolute atomic E-state index is 12.6. The van der Waals surface area contributed by atoms with E-state index in [1.807, 2.05) is 11.0 Å². The van der Waals surface area contributed by atoms with Crippen molar-refractivity contribution in [1.82, 2.24) is 14.7 Å². The number of nitrogens with one attached hydrogen (secondary N) is 1. The van der Waals surface area contributed by atoms with E-state index in [9.17, 15) is 14.4 Å². The van der Waals surface area contributed by atoms with Crippen LogP contribution < -0.4 is 11.1 Å². The number of likely N-dealkylation sites (tertiary alicyclic amines) is 1. The second kappa shape index (κ2) is 8.47. The molecule has 1 aromatic heterocycles. The van der Waals surface area contributed by atoms with Crippen LogP contribution in [0.4, 0.5) is 0 Å². The zero-order chi connectivity index (χ0) is 20.2. The Labute approximate surface area is 168 Å². The first-order valence-corrected chi connectivity index (χ1v) is 10.2. The van der Waals surface area contributed by atoms with Crippen molar-refractivity contribution in [3.63, 3.8) is 0 Å². The van der Waals surface area contributed by atoms with Crippen molar-refractivity contribution in [1.29, 1.82) is 0 Å².